The summed E-state index contributed by atoms with van der Waals surface area (Å²) in [5.41, 5.74) is 0.420. The average Bonchev–Trinajstić information content (AvgIpc) is 2.46. The Bertz CT molecular complexity index is 587. The minimum atomic E-state index is -0.572. The van der Waals surface area contributed by atoms with Crippen LogP contribution in [-0.2, 0) is 12.1 Å². The molecule has 0 spiro atoms. The third-order valence-electron chi connectivity index (χ3n) is 4.43. The molecule has 1 aliphatic heterocycles. The molecule has 0 radical (unpaired) electrons. The highest BCUT2D eigenvalue weighted by Crippen LogP contribution is 2.25. The smallest absolute Gasteiger partial charge is 0.223 e. The summed E-state index contributed by atoms with van der Waals surface area (Å²) in [7, 11) is 2.09. The maximum Gasteiger partial charge on any atom is 0.223 e. The van der Waals surface area contributed by atoms with E-state index in [4.69, 9.17) is 0 Å². The van der Waals surface area contributed by atoms with Gasteiger partial charge in [-0.3, -0.25) is 9.69 Å². The van der Waals surface area contributed by atoms with Crippen molar-refractivity contribution < 1.29 is 10.2 Å². The van der Waals surface area contributed by atoms with Crippen LogP contribution in [-0.4, -0.2) is 64.4 Å². The molecule has 0 unspecified atom stereocenters. The molecule has 0 saturated carbocycles. The summed E-state index contributed by atoms with van der Waals surface area (Å²) in [4.78, 5) is 16.5. The van der Waals surface area contributed by atoms with Crippen LogP contribution in [0.5, 0.6) is 5.75 Å². The summed E-state index contributed by atoms with van der Waals surface area (Å²) in [5.74, 6) is -0.203. The van der Waals surface area contributed by atoms with Crippen molar-refractivity contribution in [2.75, 3.05) is 39.8 Å². The molecule has 2 N–H and O–H groups in total. The van der Waals surface area contributed by atoms with Crippen LogP contribution in [0.15, 0.2) is 10.9 Å². The summed E-state index contributed by atoms with van der Waals surface area (Å²) in [6.45, 7) is 9.84. The number of hydrogen-bond donors (Lipinski definition) is 2. The third-order valence-corrected chi connectivity index (χ3v) is 4.43. The third kappa shape index (κ3) is 3.34. The number of rotatable bonds is 4. The van der Waals surface area contributed by atoms with E-state index in [0.29, 0.717) is 12.2 Å². The minimum Gasteiger partial charge on any atom is -0.503 e. The van der Waals surface area contributed by atoms with Gasteiger partial charge < -0.3 is 19.7 Å². The maximum atomic E-state index is 12.0. The fraction of sp³-hybridized carbons (Fsp3) is 0.688. The lowest BCUT2D eigenvalue weighted by Crippen LogP contribution is -2.45. The standard InChI is InChI=1S/C16H27N3O3/c1-12-9-14(21)15(22)13(19(12)16(2,3)11-20)10-18-7-5-17(4)6-8-18/h9,20,22H,5-8,10-11H2,1-4H3. The molecule has 2 rings (SSSR count). The molecule has 0 aliphatic carbocycles. The van der Waals surface area contributed by atoms with Gasteiger partial charge in [-0.2, -0.15) is 0 Å². The number of nitrogens with zero attached hydrogens (tertiary/aromatic N) is 3. The number of aromatic hydroxyl groups is 1. The number of aliphatic hydroxyl groups excluding tert-OH is 1. The van der Waals surface area contributed by atoms with E-state index in [1.54, 1.807) is 0 Å². The van der Waals surface area contributed by atoms with Gasteiger partial charge in [-0.1, -0.05) is 0 Å². The molecule has 1 saturated heterocycles. The highest BCUT2D eigenvalue weighted by Gasteiger charge is 2.27. The van der Waals surface area contributed by atoms with Crippen molar-refractivity contribution in [3.8, 4) is 5.75 Å². The molecule has 22 heavy (non-hydrogen) atoms. The second-order valence-electron chi connectivity index (χ2n) is 6.83. The Kier molecular flexibility index (Phi) is 4.94. The zero-order chi connectivity index (χ0) is 16.5. The second-order valence-corrected chi connectivity index (χ2v) is 6.83. The van der Waals surface area contributed by atoms with Gasteiger partial charge in [0.15, 0.2) is 5.75 Å². The van der Waals surface area contributed by atoms with Gasteiger partial charge in [0, 0.05) is 44.5 Å². The van der Waals surface area contributed by atoms with Gasteiger partial charge in [-0.25, -0.2) is 0 Å². The minimum absolute atomic E-state index is 0.0636. The molecule has 0 atom stereocenters. The van der Waals surface area contributed by atoms with Crippen LogP contribution in [0.25, 0.3) is 0 Å². The summed E-state index contributed by atoms with van der Waals surface area (Å²) < 4.78 is 1.89. The van der Waals surface area contributed by atoms with Crippen molar-refractivity contribution in [2.45, 2.75) is 32.9 Å². The summed E-state index contributed by atoms with van der Waals surface area (Å²) in [6.07, 6.45) is 0. The largest absolute Gasteiger partial charge is 0.503 e. The van der Waals surface area contributed by atoms with Crippen LogP contribution in [0, 0.1) is 6.92 Å². The molecule has 1 aromatic rings. The number of likely N-dealkylation sites (N-methyl/N-ethyl adjacent to an activating group) is 1. The number of piperazine rings is 1. The molecular formula is C16H27N3O3. The van der Waals surface area contributed by atoms with Crippen molar-refractivity contribution in [3.63, 3.8) is 0 Å². The molecule has 6 nitrogen and oxygen atoms in total. The molecule has 1 aromatic heterocycles. The van der Waals surface area contributed by atoms with E-state index in [-0.39, 0.29) is 17.8 Å². The molecule has 124 valence electrons. The van der Waals surface area contributed by atoms with Crippen LogP contribution < -0.4 is 5.43 Å². The molecule has 0 aromatic carbocycles. The Hall–Kier alpha value is -1.37. The first-order chi connectivity index (χ1) is 10.3. The quantitative estimate of drug-likeness (QED) is 0.839. The van der Waals surface area contributed by atoms with Crippen molar-refractivity contribution in [1.29, 1.82) is 0 Å². The average molecular weight is 309 g/mol. The first-order valence-corrected chi connectivity index (χ1v) is 7.73. The van der Waals surface area contributed by atoms with Gasteiger partial charge in [0.1, 0.15) is 0 Å². The van der Waals surface area contributed by atoms with Gasteiger partial charge in [0.05, 0.1) is 17.8 Å². The van der Waals surface area contributed by atoms with E-state index >= 15 is 0 Å². The van der Waals surface area contributed by atoms with Crippen LogP contribution in [0.2, 0.25) is 0 Å². The highest BCUT2D eigenvalue weighted by atomic mass is 16.3. The van der Waals surface area contributed by atoms with E-state index < -0.39 is 5.54 Å². The fourth-order valence-electron chi connectivity index (χ4n) is 3.06. The highest BCUT2D eigenvalue weighted by molar-refractivity contribution is 5.31. The summed E-state index contributed by atoms with van der Waals surface area (Å²) >= 11 is 0. The SMILES string of the molecule is Cc1cc(=O)c(O)c(CN2CCN(C)CC2)n1C(C)(C)CO. The Morgan fingerprint density at radius 2 is 1.82 bits per heavy atom. The molecule has 6 heteroatoms. The zero-order valence-corrected chi connectivity index (χ0v) is 14.0. The molecule has 0 bridgehead atoms. The summed E-state index contributed by atoms with van der Waals surface area (Å²) in [5, 5.41) is 20.0. The van der Waals surface area contributed by atoms with E-state index in [0.717, 1.165) is 31.9 Å². The number of aryl methyl sites for hydroxylation is 1. The van der Waals surface area contributed by atoms with Gasteiger partial charge in [-0.15, -0.1) is 0 Å². The van der Waals surface area contributed by atoms with Gasteiger partial charge in [0.25, 0.3) is 0 Å². The van der Waals surface area contributed by atoms with E-state index in [2.05, 4.69) is 16.8 Å². The van der Waals surface area contributed by atoms with E-state index in [1.165, 1.54) is 6.07 Å². The lowest BCUT2D eigenvalue weighted by atomic mass is 10.0. The molecule has 1 fully saturated rings. The topological polar surface area (TPSA) is 68.9 Å². The zero-order valence-electron chi connectivity index (χ0n) is 14.0. The normalized spacial score (nSPS) is 17.9. The first kappa shape index (κ1) is 17.0. The Balaban J connectivity index is 2.42. The van der Waals surface area contributed by atoms with Crippen molar-refractivity contribution in [3.05, 3.63) is 27.7 Å². The van der Waals surface area contributed by atoms with Crippen LogP contribution in [0.3, 0.4) is 0 Å². The first-order valence-electron chi connectivity index (χ1n) is 7.73. The van der Waals surface area contributed by atoms with Crippen LogP contribution in [0.4, 0.5) is 0 Å². The molecular weight excluding hydrogens is 282 g/mol. The molecule has 1 aliphatic rings. The van der Waals surface area contributed by atoms with Crippen molar-refractivity contribution in [1.82, 2.24) is 14.4 Å². The number of aliphatic hydroxyl groups is 1. The summed E-state index contributed by atoms with van der Waals surface area (Å²) in [6, 6.07) is 1.43. The Morgan fingerprint density at radius 3 is 2.36 bits per heavy atom. The van der Waals surface area contributed by atoms with E-state index in [9.17, 15) is 15.0 Å². The predicted octanol–water partition coefficient (Wildman–Crippen LogP) is 0.337. The fourth-order valence-corrected chi connectivity index (χ4v) is 3.06. The lowest BCUT2D eigenvalue weighted by molar-refractivity contribution is 0.129. The van der Waals surface area contributed by atoms with Crippen LogP contribution >= 0.6 is 0 Å². The van der Waals surface area contributed by atoms with Crippen LogP contribution in [0.1, 0.15) is 25.2 Å². The second kappa shape index (κ2) is 6.40. The Labute approximate surface area is 131 Å². The maximum absolute atomic E-state index is 12.0. The number of aromatic nitrogens is 1. The van der Waals surface area contributed by atoms with Gasteiger partial charge in [0.2, 0.25) is 5.43 Å². The van der Waals surface area contributed by atoms with Crippen molar-refractivity contribution in [2.24, 2.45) is 0 Å². The molecule has 2 heterocycles. The van der Waals surface area contributed by atoms with E-state index in [1.807, 2.05) is 25.3 Å². The van der Waals surface area contributed by atoms with Gasteiger partial charge >= 0.3 is 0 Å². The lowest BCUT2D eigenvalue weighted by Gasteiger charge is -2.36. The molecule has 0 amide bonds. The van der Waals surface area contributed by atoms with Crippen molar-refractivity contribution >= 4 is 0 Å². The number of hydrogen-bond acceptors (Lipinski definition) is 5. The Morgan fingerprint density at radius 1 is 1.23 bits per heavy atom. The predicted molar refractivity (Wildman–Crippen MR) is 86.3 cm³/mol. The number of pyridine rings is 1. The van der Waals surface area contributed by atoms with Gasteiger partial charge in [-0.05, 0) is 27.8 Å². The monoisotopic (exact) mass is 309 g/mol.